The third-order valence-corrected chi connectivity index (χ3v) is 4.23. The van der Waals surface area contributed by atoms with Gasteiger partial charge in [0.05, 0.1) is 24.1 Å². The average Bonchev–Trinajstić information content (AvgIpc) is 2.60. The van der Waals surface area contributed by atoms with E-state index in [2.05, 4.69) is 15.3 Å². The van der Waals surface area contributed by atoms with E-state index in [1.54, 1.807) is 31.2 Å². The molecule has 0 saturated heterocycles. The van der Waals surface area contributed by atoms with Crippen LogP contribution < -0.4 is 15.6 Å². The van der Waals surface area contributed by atoms with Crippen LogP contribution in [0.3, 0.4) is 0 Å². The Morgan fingerprint density at radius 3 is 2.69 bits per heavy atom. The summed E-state index contributed by atoms with van der Waals surface area (Å²) in [7, 11) is 1.39. The summed E-state index contributed by atoms with van der Waals surface area (Å²) in [4.78, 5) is 29.7. The molecule has 1 atom stereocenters. The van der Waals surface area contributed by atoms with E-state index in [4.69, 9.17) is 17.0 Å². The second-order valence-corrected chi connectivity index (χ2v) is 6.17. The van der Waals surface area contributed by atoms with Crippen LogP contribution >= 0.6 is 12.2 Å². The number of carbonyl (C=O) groups excluding carboxylic acids is 1. The number of halogens is 1. The Kier molecular flexibility index (Phi) is 4.85. The predicted molar refractivity (Wildman–Crippen MR) is 98.6 cm³/mol. The fraction of sp³-hybridized carbons (Fsp3) is 0.167. The highest BCUT2D eigenvalue weighted by Crippen LogP contribution is 2.22. The average molecular weight is 373 g/mol. The third-order valence-electron chi connectivity index (χ3n) is 4.03. The fourth-order valence-corrected chi connectivity index (χ4v) is 2.83. The van der Waals surface area contributed by atoms with Crippen LogP contribution in [0.25, 0.3) is 10.9 Å². The number of aromatic amines is 2. The van der Waals surface area contributed by atoms with E-state index in [1.807, 2.05) is 0 Å². The van der Waals surface area contributed by atoms with Crippen LogP contribution in [0.15, 0.2) is 41.2 Å². The van der Waals surface area contributed by atoms with Gasteiger partial charge >= 0.3 is 0 Å². The van der Waals surface area contributed by atoms with Gasteiger partial charge in [-0.25, -0.2) is 4.39 Å². The molecule has 0 aliphatic rings. The molecule has 26 heavy (non-hydrogen) atoms. The van der Waals surface area contributed by atoms with Gasteiger partial charge < -0.3 is 15.0 Å². The first-order chi connectivity index (χ1) is 12.4. The first-order valence-electron chi connectivity index (χ1n) is 7.79. The zero-order chi connectivity index (χ0) is 18.8. The Morgan fingerprint density at radius 2 is 2.00 bits per heavy atom. The van der Waals surface area contributed by atoms with Gasteiger partial charge in [0.2, 0.25) is 0 Å². The van der Waals surface area contributed by atoms with Crippen LogP contribution in [-0.4, -0.2) is 23.0 Å². The number of benzene rings is 2. The molecule has 134 valence electrons. The van der Waals surface area contributed by atoms with Gasteiger partial charge in [0.1, 0.15) is 0 Å². The van der Waals surface area contributed by atoms with Crippen LogP contribution in [0.1, 0.15) is 28.9 Å². The molecule has 6 nitrogen and oxygen atoms in total. The van der Waals surface area contributed by atoms with E-state index >= 15 is 0 Å². The lowest BCUT2D eigenvalue weighted by Gasteiger charge is -2.15. The maximum absolute atomic E-state index is 13.8. The van der Waals surface area contributed by atoms with Crippen LogP contribution in [0.2, 0.25) is 0 Å². The number of rotatable bonds is 4. The number of amides is 1. The summed E-state index contributed by atoms with van der Waals surface area (Å²) in [6.07, 6.45) is 0. The maximum atomic E-state index is 13.8. The topological polar surface area (TPSA) is 87.0 Å². The van der Waals surface area contributed by atoms with Crippen molar-refractivity contribution in [2.45, 2.75) is 13.0 Å². The monoisotopic (exact) mass is 373 g/mol. The van der Waals surface area contributed by atoms with Crippen molar-refractivity contribution in [3.63, 3.8) is 0 Å². The number of ether oxygens (including phenoxy) is 1. The highest BCUT2D eigenvalue weighted by molar-refractivity contribution is 7.71. The SMILES string of the molecule is COc1ccc([C@@H](C)NC(=O)c2ccc3c(=O)[nH]c(=S)[nH]c3c2)cc1F. The Bertz CT molecular complexity index is 1110. The lowest BCUT2D eigenvalue weighted by atomic mass is 10.1. The number of nitrogens with one attached hydrogen (secondary N) is 3. The largest absolute Gasteiger partial charge is 0.494 e. The second-order valence-electron chi connectivity index (χ2n) is 5.76. The molecule has 1 aromatic heterocycles. The number of H-pyrrole nitrogens is 2. The third kappa shape index (κ3) is 3.50. The minimum absolute atomic E-state index is 0.141. The molecule has 0 bridgehead atoms. The van der Waals surface area contributed by atoms with Crippen LogP contribution in [0.4, 0.5) is 4.39 Å². The lowest BCUT2D eigenvalue weighted by Crippen LogP contribution is -2.26. The first kappa shape index (κ1) is 17.8. The molecule has 0 fully saturated rings. The summed E-state index contributed by atoms with van der Waals surface area (Å²) in [6, 6.07) is 8.74. The zero-order valence-electron chi connectivity index (χ0n) is 14.1. The molecule has 0 radical (unpaired) electrons. The van der Waals surface area contributed by atoms with Gasteiger partial charge in [-0.15, -0.1) is 0 Å². The van der Waals surface area contributed by atoms with E-state index in [0.29, 0.717) is 22.0 Å². The first-order valence-corrected chi connectivity index (χ1v) is 8.20. The number of hydrogen-bond donors (Lipinski definition) is 3. The van der Waals surface area contributed by atoms with Crippen molar-refractivity contribution in [1.82, 2.24) is 15.3 Å². The number of carbonyl (C=O) groups is 1. The van der Waals surface area contributed by atoms with Crippen LogP contribution in [-0.2, 0) is 0 Å². The van der Waals surface area contributed by atoms with Crippen LogP contribution in [0, 0.1) is 10.6 Å². The zero-order valence-corrected chi connectivity index (χ0v) is 14.9. The van der Waals surface area contributed by atoms with E-state index in [1.165, 1.54) is 19.2 Å². The summed E-state index contributed by atoms with van der Waals surface area (Å²) in [5, 5.41) is 3.20. The van der Waals surface area contributed by atoms with Crippen molar-refractivity contribution in [2.24, 2.45) is 0 Å². The minimum atomic E-state index is -0.497. The maximum Gasteiger partial charge on any atom is 0.259 e. The standard InChI is InChI=1S/C18H16FN3O3S/c1-9(10-4-6-15(25-2)13(19)7-10)20-16(23)11-3-5-12-14(8-11)21-18(26)22-17(12)24/h3-9H,1-2H3,(H,20,23)(H2,21,22,24,26)/t9-/m1/s1. The summed E-state index contributed by atoms with van der Waals surface area (Å²) in [5.41, 5.74) is 1.11. The molecular formula is C18H16FN3O3S. The molecule has 0 saturated carbocycles. The summed E-state index contributed by atoms with van der Waals surface area (Å²) in [5.74, 6) is -0.707. The normalized spacial score (nSPS) is 12.0. The van der Waals surface area contributed by atoms with Crippen molar-refractivity contribution in [3.8, 4) is 5.75 Å². The smallest absolute Gasteiger partial charge is 0.259 e. The number of aromatic nitrogens is 2. The quantitative estimate of drug-likeness (QED) is 0.613. The molecule has 0 aliphatic carbocycles. The highest BCUT2D eigenvalue weighted by Gasteiger charge is 2.14. The van der Waals surface area contributed by atoms with Gasteiger partial charge in [0.15, 0.2) is 16.3 Å². The van der Waals surface area contributed by atoms with Gasteiger partial charge in [-0.05, 0) is 55.0 Å². The van der Waals surface area contributed by atoms with Gasteiger partial charge in [-0.1, -0.05) is 6.07 Å². The number of fused-ring (bicyclic) bond motifs is 1. The van der Waals surface area contributed by atoms with Gasteiger partial charge in [0, 0.05) is 5.56 Å². The molecule has 1 heterocycles. The van der Waals surface area contributed by atoms with Crippen molar-refractivity contribution in [3.05, 3.63) is 68.5 Å². The molecule has 0 aliphatic heterocycles. The van der Waals surface area contributed by atoms with Crippen LogP contribution in [0.5, 0.6) is 5.75 Å². The van der Waals surface area contributed by atoms with Gasteiger partial charge in [-0.3, -0.25) is 14.6 Å². The summed E-state index contributed by atoms with van der Waals surface area (Å²) < 4.78 is 18.9. The van der Waals surface area contributed by atoms with Crippen molar-refractivity contribution >= 4 is 29.0 Å². The highest BCUT2D eigenvalue weighted by atomic mass is 32.1. The summed E-state index contributed by atoms with van der Waals surface area (Å²) >= 11 is 4.95. The van der Waals surface area contributed by atoms with E-state index in [0.717, 1.165) is 0 Å². The fourth-order valence-electron chi connectivity index (χ4n) is 2.63. The predicted octanol–water partition coefficient (Wildman–Crippen LogP) is 3.22. The van der Waals surface area contributed by atoms with E-state index in [9.17, 15) is 14.0 Å². The Labute approximate surface area is 153 Å². The van der Waals surface area contributed by atoms with Crippen molar-refractivity contribution in [1.29, 1.82) is 0 Å². The second kappa shape index (κ2) is 7.09. The molecule has 0 spiro atoms. The number of methoxy groups -OCH3 is 1. The Hall–Kier alpha value is -3.00. The van der Waals surface area contributed by atoms with Gasteiger partial charge in [-0.2, -0.15) is 0 Å². The minimum Gasteiger partial charge on any atom is -0.494 e. The molecular weight excluding hydrogens is 357 g/mol. The molecule has 0 unspecified atom stereocenters. The molecule has 3 aromatic rings. The lowest BCUT2D eigenvalue weighted by molar-refractivity contribution is 0.0940. The molecule has 2 aromatic carbocycles. The summed E-state index contributed by atoms with van der Waals surface area (Å²) in [6.45, 7) is 1.75. The van der Waals surface area contributed by atoms with Gasteiger partial charge in [0.25, 0.3) is 11.5 Å². The Morgan fingerprint density at radius 1 is 1.23 bits per heavy atom. The Balaban J connectivity index is 1.85. The van der Waals surface area contributed by atoms with E-state index < -0.39 is 11.9 Å². The van der Waals surface area contributed by atoms with Crippen molar-refractivity contribution in [2.75, 3.05) is 7.11 Å². The number of hydrogen-bond acceptors (Lipinski definition) is 4. The molecule has 3 N–H and O–H groups in total. The molecule has 1 amide bonds. The molecule has 3 rings (SSSR count). The van der Waals surface area contributed by atoms with E-state index in [-0.39, 0.29) is 22.0 Å². The van der Waals surface area contributed by atoms with Crippen molar-refractivity contribution < 1.29 is 13.9 Å². The molecule has 8 heteroatoms.